The van der Waals surface area contributed by atoms with Gasteiger partial charge in [0.15, 0.2) is 0 Å². The molecule has 1 aromatic heterocycles. The van der Waals surface area contributed by atoms with Gasteiger partial charge in [0, 0.05) is 55.3 Å². The van der Waals surface area contributed by atoms with Crippen LogP contribution in [-0.4, -0.2) is 47.2 Å². The lowest BCUT2D eigenvalue weighted by Gasteiger charge is -2.25. The van der Waals surface area contributed by atoms with Crippen molar-refractivity contribution in [3.8, 4) is 0 Å². The fourth-order valence-corrected chi connectivity index (χ4v) is 3.70. The lowest BCUT2D eigenvalue weighted by molar-refractivity contribution is -0.128. The summed E-state index contributed by atoms with van der Waals surface area (Å²) in [5.74, 6) is 0.00821. The second kappa shape index (κ2) is 6.33. The van der Waals surface area contributed by atoms with Crippen LogP contribution >= 0.6 is 0 Å². The Morgan fingerprint density at radius 3 is 2.62 bits per heavy atom. The monoisotopic (exact) mass is 347 g/mol. The molecular formula is C21H21N3O2. The highest BCUT2D eigenvalue weighted by molar-refractivity contribution is 6.01. The van der Waals surface area contributed by atoms with Gasteiger partial charge in [0.05, 0.1) is 6.04 Å². The first-order valence-electron chi connectivity index (χ1n) is 8.74. The smallest absolute Gasteiger partial charge is 0.255 e. The normalized spacial score (nSPS) is 16.2. The average molecular weight is 347 g/mol. The van der Waals surface area contributed by atoms with Gasteiger partial charge in [0.2, 0.25) is 5.91 Å². The average Bonchev–Trinajstić information content (AvgIpc) is 3.19. The SMILES string of the molecule is CN(C)C(=O)CCN1C(=O)c2ccccc2[C@@H]1c1c[nH]c2ccccc12. The number of amides is 2. The summed E-state index contributed by atoms with van der Waals surface area (Å²) in [4.78, 5) is 31.8. The minimum atomic E-state index is -0.176. The number of carbonyl (C=O) groups excluding carboxylic acids is 2. The van der Waals surface area contributed by atoms with Crippen molar-refractivity contribution in [2.45, 2.75) is 12.5 Å². The van der Waals surface area contributed by atoms with Crippen LogP contribution in [0.15, 0.2) is 54.7 Å². The molecular weight excluding hydrogens is 326 g/mol. The zero-order valence-electron chi connectivity index (χ0n) is 14.9. The summed E-state index contributed by atoms with van der Waals surface area (Å²) in [5, 5.41) is 1.10. The van der Waals surface area contributed by atoms with Gasteiger partial charge in [-0.2, -0.15) is 0 Å². The van der Waals surface area contributed by atoms with E-state index in [-0.39, 0.29) is 17.9 Å². The molecule has 0 bridgehead atoms. The maximum atomic E-state index is 13.0. The van der Waals surface area contributed by atoms with E-state index in [1.54, 1.807) is 19.0 Å². The van der Waals surface area contributed by atoms with Crippen LogP contribution in [-0.2, 0) is 4.79 Å². The highest BCUT2D eigenvalue weighted by Crippen LogP contribution is 2.41. The Balaban J connectivity index is 1.77. The Labute approximate surface area is 152 Å². The second-order valence-corrected chi connectivity index (χ2v) is 6.82. The van der Waals surface area contributed by atoms with Crippen molar-refractivity contribution < 1.29 is 9.59 Å². The van der Waals surface area contributed by atoms with Crippen molar-refractivity contribution in [2.75, 3.05) is 20.6 Å². The molecule has 3 aromatic rings. The molecule has 0 fully saturated rings. The van der Waals surface area contributed by atoms with E-state index in [2.05, 4.69) is 11.1 Å². The summed E-state index contributed by atoms with van der Waals surface area (Å²) in [7, 11) is 3.47. The van der Waals surface area contributed by atoms with Crippen LogP contribution in [0.3, 0.4) is 0 Å². The van der Waals surface area contributed by atoms with Gasteiger partial charge in [-0.15, -0.1) is 0 Å². The van der Waals surface area contributed by atoms with Crippen molar-refractivity contribution in [2.24, 2.45) is 0 Å². The number of hydrogen-bond acceptors (Lipinski definition) is 2. The van der Waals surface area contributed by atoms with Crippen molar-refractivity contribution >= 4 is 22.7 Å². The van der Waals surface area contributed by atoms with Crippen molar-refractivity contribution in [1.29, 1.82) is 0 Å². The third kappa shape index (κ3) is 2.56. The van der Waals surface area contributed by atoms with Crippen LogP contribution in [0.5, 0.6) is 0 Å². The molecule has 2 heterocycles. The molecule has 1 aliphatic heterocycles. The quantitative estimate of drug-likeness (QED) is 0.788. The Kier molecular flexibility index (Phi) is 3.99. The number of para-hydroxylation sites is 1. The first-order chi connectivity index (χ1) is 12.6. The Bertz CT molecular complexity index is 990. The number of aromatic nitrogens is 1. The van der Waals surface area contributed by atoms with Gasteiger partial charge in [-0.1, -0.05) is 36.4 Å². The van der Waals surface area contributed by atoms with Crippen LogP contribution in [0.4, 0.5) is 0 Å². The number of hydrogen-bond donors (Lipinski definition) is 1. The zero-order chi connectivity index (χ0) is 18.3. The summed E-state index contributed by atoms with van der Waals surface area (Å²) in [6.07, 6.45) is 2.29. The van der Waals surface area contributed by atoms with E-state index in [0.29, 0.717) is 13.0 Å². The molecule has 5 nitrogen and oxygen atoms in total. The van der Waals surface area contributed by atoms with Gasteiger partial charge in [-0.05, 0) is 17.7 Å². The summed E-state index contributed by atoms with van der Waals surface area (Å²) in [6.45, 7) is 0.398. The maximum absolute atomic E-state index is 13.0. The van der Waals surface area contributed by atoms with E-state index >= 15 is 0 Å². The zero-order valence-corrected chi connectivity index (χ0v) is 14.9. The van der Waals surface area contributed by atoms with Gasteiger partial charge < -0.3 is 14.8 Å². The van der Waals surface area contributed by atoms with E-state index in [0.717, 1.165) is 27.6 Å². The Morgan fingerprint density at radius 2 is 1.81 bits per heavy atom. The number of aromatic amines is 1. The molecule has 1 N–H and O–H groups in total. The molecule has 4 rings (SSSR count). The highest BCUT2D eigenvalue weighted by Gasteiger charge is 2.38. The van der Waals surface area contributed by atoms with E-state index in [9.17, 15) is 9.59 Å². The van der Waals surface area contributed by atoms with Crippen LogP contribution < -0.4 is 0 Å². The topological polar surface area (TPSA) is 56.4 Å². The lowest BCUT2D eigenvalue weighted by atomic mass is 9.97. The number of nitrogens with one attached hydrogen (secondary N) is 1. The third-order valence-electron chi connectivity index (χ3n) is 5.04. The summed E-state index contributed by atoms with van der Waals surface area (Å²) in [5.41, 5.74) is 3.83. The molecule has 0 radical (unpaired) electrons. The van der Waals surface area contributed by atoms with Crippen LogP contribution in [0, 0.1) is 0 Å². The molecule has 0 spiro atoms. The Morgan fingerprint density at radius 1 is 1.08 bits per heavy atom. The van der Waals surface area contributed by atoms with Crippen molar-refractivity contribution in [3.05, 3.63) is 71.4 Å². The first kappa shape index (κ1) is 16.4. The standard InChI is InChI=1S/C21H21N3O2/c1-23(2)19(25)11-12-24-20(15-8-3-4-9-16(15)21(24)26)17-13-22-18-10-6-5-7-14(17)18/h3-10,13,20,22H,11-12H2,1-2H3/t20-/m1/s1. The molecule has 0 aliphatic carbocycles. The Hall–Kier alpha value is -3.08. The molecule has 0 saturated heterocycles. The molecule has 1 aliphatic rings. The van der Waals surface area contributed by atoms with E-state index < -0.39 is 0 Å². The molecule has 0 unspecified atom stereocenters. The summed E-state index contributed by atoms with van der Waals surface area (Å²) < 4.78 is 0. The fraction of sp³-hybridized carbons (Fsp3) is 0.238. The summed E-state index contributed by atoms with van der Waals surface area (Å²) in [6, 6.07) is 15.6. The molecule has 0 saturated carbocycles. The van der Waals surface area contributed by atoms with Crippen LogP contribution in [0.25, 0.3) is 10.9 Å². The van der Waals surface area contributed by atoms with Gasteiger partial charge in [-0.25, -0.2) is 0 Å². The maximum Gasteiger partial charge on any atom is 0.255 e. The van der Waals surface area contributed by atoms with Gasteiger partial charge in [0.25, 0.3) is 5.91 Å². The number of rotatable bonds is 4. The van der Waals surface area contributed by atoms with Crippen molar-refractivity contribution in [1.82, 2.24) is 14.8 Å². The van der Waals surface area contributed by atoms with E-state index in [1.807, 2.05) is 53.6 Å². The van der Waals surface area contributed by atoms with E-state index in [4.69, 9.17) is 0 Å². The minimum absolute atomic E-state index is 0.0116. The largest absolute Gasteiger partial charge is 0.361 e. The number of H-pyrrole nitrogens is 1. The number of nitrogens with zero attached hydrogens (tertiary/aromatic N) is 2. The molecule has 132 valence electrons. The predicted octanol–water partition coefficient (Wildman–Crippen LogP) is 3.19. The molecule has 2 aromatic carbocycles. The predicted molar refractivity (Wildman–Crippen MR) is 101 cm³/mol. The highest BCUT2D eigenvalue weighted by atomic mass is 16.2. The molecule has 5 heteroatoms. The second-order valence-electron chi connectivity index (χ2n) is 6.82. The molecule has 2 amide bonds. The van der Waals surface area contributed by atoms with E-state index in [1.165, 1.54) is 0 Å². The van der Waals surface area contributed by atoms with Crippen LogP contribution in [0.2, 0.25) is 0 Å². The lowest BCUT2D eigenvalue weighted by Crippen LogP contribution is -2.33. The fourth-order valence-electron chi connectivity index (χ4n) is 3.70. The third-order valence-corrected chi connectivity index (χ3v) is 5.04. The van der Waals surface area contributed by atoms with Gasteiger partial charge in [-0.3, -0.25) is 9.59 Å². The van der Waals surface area contributed by atoms with Crippen LogP contribution in [0.1, 0.15) is 33.9 Å². The van der Waals surface area contributed by atoms with Gasteiger partial charge in [0.1, 0.15) is 0 Å². The number of benzene rings is 2. The van der Waals surface area contributed by atoms with Gasteiger partial charge >= 0.3 is 0 Å². The first-order valence-corrected chi connectivity index (χ1v) is 8.74. The summed E-state index contributed by atoms with van der Waals surface area (Å²) >= 11 is 0. The molecule has 26 heavy (non-hydrogen) atoms. The number of carbonyl (C=O) groups is 2. The van der Waals surface area contributed by atoms with Crippen molar-refractivity contribution in [3.63, 3.8) is 0 Å². The number of fused-ring (bicyclic) bond motifs is 2. The molecule has 1 atom stereocenters. The minimum Gasteiger partial charge on any atom is -0.361 e.